The monoisotopic (exact) mass is 353 g/mol. The van der Waals surface area contributed by atoms with Gasteiger partial charge in [0, 0.05) is 22.3 Å². The second-order valence-electron chi connectivity index (χ2n) is 5.39. The van der Waals surface area contributed by atoms with E-state index in [9.17, 15) is 14.7 Å². The number of nitrogens with zero attached hydrogens (tertiary/aromatic N) is 1. The van der Waals surface area contributed by atoms with Gasteiger partial charge < -0.3 is 21.1 Å². The van der Waals surface area contributed by atoms with Crippen molar-refractivity contribution < 1.29 is 14.7 Å². The molecule has 1 fully saturated rings. The van der Waals surface area contributed by atoms with Crippen LogP contribution in [0.3, 0.4) is 0 Å². The Bertz CT molecular complexity index is 620. The van der Waals surface area contributed by atoms with Crippen LogP contribution in [0.25, 0.3) is 0 Å². The third-order valence-corrected chi connectivity index (χ3v) is 4.70. The minimum Gasteiger partial charge on any atom is -0.378 e. The molecule has 0 radical (unpaired) electrons. The Hall–Kier alpha value is -1.60. The number of fused-ring (bicyclic) bond motifs is 1. The molecule has 2 aliphatic rings. The number of piperidine rings is 1. The van der Waals surface area contributed by atoms with Crippen molar-refractivity contribution in [3.8, 4) is 0 Å². The molecule has 2 heterocycles. The number of nitrogens with one attached hydrogen (secondary N) is 1. The van der Waals surface area contributed by atoms with E-state index in [0.717, 1.165) is 36.0 Å². The Balaban J connectivity index is 2.01. The zero-order valence-electron chi connectivity index (χ0n) is 11.3. The molecule has 6 nitrogen and oxygen atoms in total. The van der Waals surface area contributed by atoms with Gasteiger partial charge in [0.2, 0.25) is 5.91 Å². The topological polar surface area (TPSA) is 95.7 Å². The molecule has 0 aromatic heterocycles. The first-order valence-corrected chi connectivity index (χ1v) is 7.66. The van der Waals surface area contributed by atoms with Gasteiger partial charge in [0.05, 0.1) is 5.69 Å². The Kier molecular flexibility index (Phi) is 3.62. The van der Waals surface area contributed by atoms with Crippen LogP contribution in [0.4, 0.5) is 11.4 Å². The molecular formula is C14H16BrN3O3. The number of aliphatic hydroxyl groups excluding tert-OH is 1. The average molecular weight is 354 g/mol. The van der Waals surface area contributed by atoms with E-state index in [1.165, 1.54) is 0 Å². The molecule has 3 rings (SSSR count). The summed E-state index contributed by atoms with van der Waals surface area (Å²) < 4.78 is 0.741. The molecule has 1 saturated heterocycles. The van der Waals surface area contributed by atoms with Crippen LogP contribution in [-0.2, 0) is 9.59 Å². The van der Waals surface area contributed by atoms with E-state index in [1.54, 1.807) is 12.1 Å². The van der Waals surface area contributed by atoms with E-state index in [4.69, 9.17) is 5.73 Å². The number of hydrogen-bond acceptors (Lipinski definition) is 4. The van der Waals surface area contributed by atoms with Gasteiger partial charge in [0.1, 0.15) is 6.04 Å². The standard InChI is InChI=1S/C14H16BrN3O3/c15-8-5-7-9(17-14(21)12(7)19)6-11(8)18-4-2-1-3-10(18)13(16)20/h5-6,10,12,19H,1-4H2,(H2,16,20)(H,17,21). The van der Waals surface area contributed by atoms with Crippen LogP contribution in [0.2, 0.25) is 0 Å². The molecule has 0 saturated carbocycles. The molecule has 4 N–H and O–H groups in total. The summed E-state index contributed by atoms with van der Waals surface area (Å²) in [5.74, 6) is -0.773. The minimum absolute atomic E-state index is 0.338. The average Bonchev–Trinajstić information content (AvgIpc) is 2.73. The highest BCUT2D eigenvalue weighted by Crippen LogP contribution is 2.40. The van der Waals surface area contributed by atoms with Gasteiger partial charge in [-0.05, 0) is 47.3 Å². The predicted molar refractivity (Wildman–Crippen MR) is 81.9 cm³/mol. The number of carbonyl (C=O) groups excluding carboxylic acids is 2. The molecule has 2 aliphatic heterocycles. The molecule has 0 spiro atoms. The first-order chi connectivity index (χ1) is 9.99. The van der Waals surface area contributed by atoms with E-state index in [0.29, 0.717) is 11.3 Å². The highest BCUT2D eigenvalue weighted by Gasteiger charge is 2.33. The molecule has 1 aromatic rings. The Morgan fingerprint density at radius 1 is 1.43 bits per heavy atom. The number of nitrogens with two attached hydrogens (primary N) is 1. The first kappa shape index (κ1) is 14.3. The fourth-order valence-corrected chi connectivity index (χ4v) is 3.58. The number of aliphatic hydroxyl groups is 1. The van der Waals surface area contributed by atoms with E-state index in [2.05, 4.69) is 21.2 Å². The van der Waals surface area contributed by atoms with Crippen molar-refractivity contribution in [2.24, 2.45) is 5.73 Å². The number of anilines is 2. The maximum Gasteiger partial charge on any atom is 0.257 e. The van der Waals surface area contributed by atoms with Crippen molar-refractivity contribution >= 4 is 39.1 Å². The van der Waals surface area contributed by atoms with E-state index in [1.807, 2.05) is 4.90 Å². The first-order valence-electron chi connectivity index (χ1n) is 6.87. The number of benzene rings is 1. The SMILES string of the molecule is NC(=O)C1CCCCN1c1cc2c(cc1Br)C(O)C(=O)N2. The van der Waals surface area contributed by atoms with Crippen LogP contribution in [0.15, 0.2) is 16.6 Å². The molecule has 0 bridgehead atoms. The van der Waals surface area contributed by atoms with Gasteiger partial charge in [-0.1, -0.05) is 0 Å². The predicted octanol–water partition coefficient (Wildman–Crippen LogP) is 1.28. The summed E-state index contributed by atoms with van der Waals surface area (Å²) in [5.41, 5.74) is 7.44. The Labute approximate surface area is 130 Å². The van der Waals surface area contributed by atoms with Gasteiger partial charge in [0.25, 0.3) is 5.91 Å². The summed E-state index contributed by atoms with van der Waals surface area (Å²) in [7, 11) is 0. The zero-order valence-corrected chi connectivity index (χ0v) is 12.9. The van der Waals surface area contributed by atoms with Gasteiger partial charge in [0.15, 0.2) is 6.10 Å². The molecule has 112 valence electrons. The van der Waals surface area contributed by atoms with Crippen LogP contribution in [0, 0.1) is 0 Å². The van der Waals surface area contributed by atoms with Crippen molar-refractivity contribution in [2.75, 3.05) is 16.8 Å². The van der Waals surface area contributed by atoms with Gasteiger partial charge in [-0.3, -0.25) is 9.59 Å². The van der Waals surface area contributed by atoms with E-state index < -0.39 is 12.0 Å². The molecule has 2 amide bonds. The fourth-order valence-electron chi connectivity index (χ4n) is 2.99. The van der Waals surface area contributed by atoms with E-state index >= 15 is 0 Å². The fraction of sp³-hybridized carbons (Fsp3) is 0.429. The number of rotatable bonds is 2. The van der Waals surface area contributed by atoms with Crippen molar-refractivity contribution in [3.05, 3.63) is 22.2 Å². The van der Waals surface area contributed by atoms with Crippen molar-refractivity contribution in [3.63, 3.8) is 0 Å². The number of halogens is 1. The zero-order chi connectivity index (χ0) is 15.1. The van der Waals surface area contributed by atoms with Crippen LogP contribution in [0.5, 0.6) is 0 Å². The molecule has 21 heavy (non-hydrogen) atoms. The number of amides is 2. The lowest BCUT2D eigenvalue weighted by atomic mass is 10.00. The van der Waals surface area contributed by atoms with Crippen molar-refractivity contribution in [2.45, 2.75) is 31.4 Å². The van der Waals surface area contributed by atoms with Crippen molar-refractivity contribution in [1.82, 2.24) is 0 Å². The normalized spacial score (nSPS) is 24.7. The summed E-state index contributed by atoms with van der Waals surface area (Å²) in [5, 5.41) is 12.4. The highest BCUT2D eigenvalue weighted by molar-refractivity contribution is 9.10. The lowest BCUT2D eigenvalue weighted by Gasteiger charge is -2.36. The lowest BCUT2D eigenvalue weighted by molar-refractivity contribution is -0.123. The Morgan fingerprint density at radius 3 is 2.90 bits per heavy atom. The van der Waals surface area contributed by atoms with Gasteiger partial charge in [-0.15, -0.1) is 0 Å². The summed E-state index contributed by atoms with van der Waals surface area (Å²) in [4.78, 5) is 25.1. The van der Waals surface area contributed by atoms with Gasteiger partial charge in [-0.2, -0.15) is 0 Å². The number of carbonyl (C=O) groups is 2. The molecule has 7 heteroatoms. The quantitative estimate of drug-likeness (QED) is 0.746. The maximum absolute atomic E-state index is 11.6. The molecular weight excluding hydrogens is 338 g/mol. The number of hydrogen-bond donors (Lipinski definition) is 3. The Morgan fingerprint density at radius 2 is 2.19 bits per heavy atom. The molecule has 2 unspecified atom stereocenters. The maximum atomic E-state index is 11.6. The summed E-state index contributed by atoms with van der Waals surface area (Å²) in [6.07, 6.45) is 1.55. The second-order valence-corrected chi connectivity index (χ2v) is 6.24. The van der Waals surface area contributed by atoms with Gasteiger partial charge in [-0.25, -0.2) is 0 Å². The molecule has 1 aromatic carbocycles. The summed E-state index contributed by atoms with van der Waals surface area (Å²) in [6, 6.07) is 3.17. The van der Waals surface area contributed by atoms with Crippen LogP contribution >= 0.6 is 15.9 Å². The number of primary amides is 1. The third kappa shape index (κ3) is 2.40. The van der Waals surface area contributed by atoms with Crippen LogP contribution in [0.1, 0.15) is 30.9 Å². The van der Waals surface area contributed by atoms with Crippen LogP contribution < -0.4 is 16.0 Å². The highest BCUT2D eigenvalue weighted by atomic mass is 79.9. The smallest absolute Gasteiger partial charge is 0.257 e. The van der Waals surface area contributed by atoms with E-state index in [-0.39, 0.29) is 11.9 Å². The molecule has 2 atom stereocenters. The minimum atomic E-state index is -1.14. The lowest BCUT2D eigenvalue weighted by Crippen LogP contribution is -2.48. The van der Waals surface area contributed by atoms with Crippen molar-refractivity contribution in [1.29, 1.82) is 0 Å². The van der Waals surface area contributed by atoms with Crippen LogP contribution in [-0.4, -0.2) is 29.5 Å². The second kappa shape index (κ2) is 5.31. The molecule has 0 aliphatic carbocycles. The third-order valence-electron chi connectivity index (χ3n) is 4.06. The van der Waals surface area contributed by atoms with Gasteiger partial charge >= 0.3 is 0 Å². The largest absolute Gasteiger partial charge is 0.378 e. The summed E-state index contributed by atoms with van der Waals surface area (Å²) in [6.45, 7) is 0.738. The summed E-state index contributed by atoms with van der Waals surface area (Å²) >= 11 is 3.47.